The highest BCUT2D eigenvalue weighted by Crippen LogP contribution is 2.47. The Morgan fingerprint density at radius 2 is 1.48 bits per heavy atom. The molecular weight excluding hydrogens is 260 g/mol. The van der Waals surface area contributed by atoms with E-state index >= 15 is 0 Å². The van der Waals surface area contributed by atoms with Crippen LogP contribution in [-0.2, 0) is 6.42 Å². The van der Waals surface area contributed by atoms with Gasteiger partial charge in [0.15, 0.2) is 0 Å². The van der Waals surface area contributed by atoms with E-state index in [9.17, 15) is 0 Å². The molecule has 0 atom stereocenters. The van der Waals surface area contributed by atoms with E-state index in [4.69, 9.17) is 9.47 Å². The molecule has 0 N–H and O–H groups in total. The lowest BCUT2D eigenvalue weighted by molar-refractivity contribution is 0.402. The second kappa shape index (κ2) is 4.52. The quantitative estimate of drug-likeness (QED) is 0.539. The molecule has 0 fully saturated rings. The third-order valence-electron chi connectivity index (χ3n) is 4.28. The molecule has 104 valence electrons. The highest BCUT2D eigenvalue weighted by Gasteiger charge is 2.25. The maximum Gasteiger partial charge on any atom is 0.127 e. The molecule has 0 bridgehead atoms. The lowest BCUT2D eigenvalue weighted by Crippen LogP contribution is -1.93. The van der Waals surface area contributed by atoms with Gasteiger partial charge < -0.3 is 9.47 Å². The van der Waals surface area contributed by atoms with Crippen LogP contribution in [0.4, 0.5) is 0 Å². The maximum absolute atomic E-state index is 5.57. The van der Waals surface area contributed by atoms with Crippen molar-refractivity contribution in [1.29, 1.82) is 0 Å². The van der Waals surface area contributed by atoms with E-state index in [1.54, 1.807) is 14.2 Å². The molecule has 0 spiro atoms. The maximum atomic E-state index is 5.57. The summed E-state index contributed by atoms with van der Waals surface area (Å²) in [7, 11) is 3.45. The van der Waals surface area contributed by atoms with Crippen molar-refractivity contribution in [2.75, 3.05) is 14.2 Å². The second-order valence-corrected chi connectivity index (χ2v) is 5.36. The van der Waals surface area contributed by atoms with Gasteiger partial charge in [-0.1, -0.05) is 30.3 Å². The number of methoxy groups -OCH3 is 2. The summed E-state index contributed by atoms with van der Waals surface area (Å²) >= 11 is 0. The molecule has 3 aromatic rings. The van der Waals surface area contributed by atoms with Gasteiger partial charge in [0.05, 0.1) is 14.2 Å². The van der Waals surface area contributed by atoms with Crippen LogP contribution >= 0.6 is 0 Å². The molecule has 0 amide bonds. The van der Waals surface area contributed by atoms with Gasteiger partial charge in [-0.25, -0.2) is 0 Å². The molecule has 1 aliphatic rings. The summed E-state index contributed by atoms with van der Waals surface area (Å²) in [5.74, 6) is 1.85. The van der Waals surface area contributed by atoms with E-state index in [-0.39, 0.29) is 0 Å². The lowest BCUT2D eigenvalue weighted by Gasteiger charge is -2.12. The molecule has 2 heteroatoms. The van der Waals surface area contributed by atoms with Gasteiger partial charge in [0.2, 0.25) is 0 Å². The third-order valence-corrected chi connectivity index (χ3v) is 4.28. The normalized spacial score (nSPS) is 12.1. The second-order valence-electron chi connectivity index (χ2n) is 5.36. The molecule has 1 aliphatic carbocycles. The minimum absolute atomic E-state index is 0.899. The van der Waals surface area contributed by atoms with Crippen molar-refractivity contribution in [3.05, 3.63) is 59.7 Å². The zero-order chi connectivity index (χ0) is 14.4. The largest absolute Gasteiger partial charge is 0.496 e. The Bertz CT molecular complexity index is 850. The molecule has 21 heavy (non-hydrogen) atoms. The Labute approximate surface area is 123 Å². The van der Waals surface area contributed by atoms with Crippen molar-refractivity contribution in [3.8, 4) is 22.6 Å². The number of rotatable bonds is 2. The number of fused-ring (bicyclic) bond motifs is 4. The fourth-order valence-electron chi connectivity index (χ4n) is 3.30. The molecule has 0 unspecified atom stereocenters. The summed E-state index contributed by atoms with van der Waals surface area (Å²) in [6, 6.07) is 17.0. The van der Waals surface area contributed by atoms with Crippen molar-refractivity contribution >= 4 is 10.8 Å². The predicted molar refractivity (Wildman–Crippen MR) is 85.3 cm³/mol. The highest BCUT2D eigenvalue weighted by atomic mass is 16.5. The number of hydrogen-bond donors (Lipinski definition) is 0. The van der Waals surface area contributed by atoms with Crippen molar-refractivity contribution in [2.24, 2.45) is 0 Å². The minimum atomic E-state index is 0.899. The fraction of sp³-hybridized carbons (Fsp3) is 0.158. The van der Waals surface area contributed by atoms with Crippen LogP contribution in [0, 0.1) is 0 Å². The van der Waals surface area contributed by atoms with Crippen molar-refractivity contribution < 1.29 is 9.47 Å². The van der Waals surface area contributed by atoms with Gasteiger partial charge in [0.1, 0.15) is 11.5 Å². The van der Waals surface area contributed by atoms with Crippen molar-refractivity contribution in [1.82, 2.24) is 0 Å². The van der Waals surface area contributed by atoms with E-state index in [1.165, 1.54) is 33.0 Å². The smallest absolute Gasteiger partial charge is 0.127 e. The molecule has 2 nitrogen and oxygen atoms in total. The van der Waals surface area contributed by atoms with Crippen LogP contribution in [0.3, 0.4) is 0 Å². The third kappa shape index (κ3) is 1.72. The SMILES string of the molecule is COc1ccc(OC)c2c1Cc1cc3ccccc3cc1-2. The monoisotopic (exact) mass is 276 g/mol. The average Bonchev–Trinajstić information content (AvgIpc) is 2.90. The van der Waals surface area contributed by atoms with Crippen LogP contribution in [0.2, 0.25) is 0 Å². The van der Waals surface area contributed by atoms with E-state index in [1.807, 2.05) is 12.1 Å². The lowest BCUT2D eigenvalue weighted by atomic mass is 10.00. The van der Waals surface area contributed by atoms with Gasteiger partial charge in [0, 0.05) is 17.5 Å². The molecule has 0 aromatic heterocycles. The molecule has 0 aliphatic heterocycles. The molecule has 4 rings (SSSR count). The Kier molecular flexibility index (Phi) is 2.64. The minimum Gasteiger partial charge on any atom is -0.496 e. The van der Waals surface area contributed by atoms with Crippen LogP contribution in [0.15, 0.2) is 48.5 Å². The summed E-state index contributed by atoms with van der Waals surface area (Å²) in [5.41, 5.74) is 5.01. The highest BCUT2D eigenvalue weighted by molar-refractivity contribution is 5.94. The topological polar surface area (TPSA) is 18.5 Å². The molecule has 3 aromatic carbocycles. The fourth-order valence-corrected chi connectivity index (χ4v) is 3.30. The van der Waals surface area contributed by atoms with Gasteiger partial charge in [-0.05, 0) is 40.1 Å². The molecule has 0 heterocycles. The summed E-state index contributed by atoms with van der Waals surface area (Å²) in [4.78, 5) is 0. The first-order valence-corrected chi connectivity index (χ1v) is 7.07. The van der Waals surface area contributed by atoms with Gasteiger partial charge >= 0.3 is 0 Å². The van der Waals surface area contributed by atoms with Crippen LogP contribution in [0.1, 0.15) is 11.1 Å². The first kappa shape index (κ1) is 12.3. The molecule has 0 saturated carbocycles. The van der Waals surface area contributed by atoms with E-state index in [0.717, 1.165) is 17.9 Å². The molecule has 0 radical (unpaired) electrons. The van der Waals surface area contributed by atoms with Crippen LogP contribution in [-0.4, -0.2) is 14.2 Å². The molecule has 0 saturated heterocycles. The van der Waals surface area contributed by atoms with Crippen LogP contribution in [0.25, 0.3) is 21.9 Å². The standard InChI is InChI=1S/C19H16O2/c1-20-17-7-8-18(21-2)19-15-10-13-6-4-3-5-12(13)9-14(15)11-16(17)19/h3-10H,11H2,1-2H3. The predicted octanol–water partition coefficient (Wildman–Crippen LogP) is 4.43. The van der Waals surface area contributed by atoms with E-state index < -0.39 is 0 Å². The Hall–Kier alpha value is -2.48. The first-order chi connectivity index (χ1) is 10.3. The zero-order valence-electron chi connectivity index (χ0n) is 12.1. The summed E-state index contributed by atoms with van der Waals surface area (Å²) in [5, 5.41) is 2.54. The average molecular weight is 276 g/mol. The number of ether oxygens (including phenoxy) is 2. The van der Waals surface area contributed by atoms with E-state index in [2.05, 4.69) is 36.4 Å². The van der Waals surface area contributed by atoms with Crippen molar-refractivity contribution in [2.45, 2.75) is 6.42 Å². The summed E-state index contributed by atoms with van der Waals surface area (Å²) in [6.07, 6.45) is 0.899. The van der Waals surface area contributed by atoms with Crippen LogP contribution < -0.4 is 9.47 Å². The van der Waals surface area contributed by atoms with Crippen molar-refractivity contribution in [3.63, 3.8) is 0 Å². The van der Waals surface area contributed by atoms with Gasteiger partial charge in [-0.2, -0.15) is 0 Å². The van der Waals surface area contributed by atoms with E-state index in [0.29, 0.717) is 0 Å². The summed E-state index contributed by atoms with van der Waals surface area (Å²) < 4.78 is 11.1. The number of hydrogen-bond acceptors (Lipinski definition) is 2. The zero-order valence-corrected chi connectivity index (χ0v) is 12.1. The van der Waals surface area contributed by atoms with Crippen LogP contribution in [0.5, 0.6) is 11.5 Å². The van der Waals surface area contributed by atoms with Gasteiger partial charge in [-0.3, -0.25) is 0 Å². The number of benzene rings is 3. The van der Waals surface area contributed by atoms with Gasteiger partial charge in [-0.15, -0.1) is 0 Å². The Balaban J connectivity index is 2.04. The van der Waals surface area contributed by atoms with Gasteiger partial charge in [0.25, 0.3) is 0 Å². The Morgan fingerprint density at radius 1 is 0.810 bits per heavy atom. The first-order valence-electron chi connectivity index (χ1n) is 7.07. The Morgan fingerprint density at radius 3 is 2.19 bits per heavy atom. The molecular formula is C19H16O2. The summed E-state index contributed by atoms with van der Waals surface area (Å²) in [6.45, 7) is 0.